The summed E-state index contributed by atoms with van der Waals surface area (Å²) < 4.78 is 7.46. The SMILES string of the molecule is O=C(NCc1ccccc1)[C@H](c1ccccc1)N(C[C@@H]1CCCO1)C(=O)Cn1nnc2ccccc21. The molecule has 0 radical (unpaired) electrons. The summed E-state index contributed by atoms with van der Waals surface area (Å²) in [6.45, 7) is 1.33. The van der Waals surface area contributed by atoms with Crippen LogP contribution in [0.2, 0.25) is 0 Å². The fourth-order valence-corrected chi connectivity index (χ4v) is 4.60. The number of hydrogen-bond acceptors (Lipinski definition) is 5. The Labute approximate surface area is 209 Å². The third-order valence-electron chi connectivity index (χ3n) is 6.43. The molecule has 0 spiro atoms. The van der Waals surface area contributed by atoms with Crippen LogP contribution < -0.4 is 5.32 Å². The molecule has 1 aromatic heterocycles. The van der Waals surface area contributed by atoms with Gasteiger partial charge in [0.1, 0.15) is 18.1 Å². The molecule has 2 heterocycles. The Bertz CT molecular complexity index is 1300. The predicted molar refractivity (Wildman–Crippen MR) is 136 cm³/mol. The zero-order valence-corrected chi connectivity index (χ0v) is 20.0. The average Bonchev–Trinajstić information content (AvgIpc) is 3.58. The molecule has 0 saturated carbocycles. The minimum Gasteiger partial charge on any atom is -0.376 e. The fourth-order valence-electron chi connectivity index (χ4n) is 4.60. The van der Waals surface area contributed by atoms with Gasteiger partial charge in [-0.25, -0.2) is 4.68 Å². The van der Waals surface area contributed by atoms with Gasteiger partial charge in [-0.2, -0.15) is 0 Å². The van der Waals surface area contributed by atoms with Crippen molar-refractivity contribution in [2.45, 2.75) is 38.1 Å². The summed E-state index contributed by atoms with van der Waals surface area (Å²) in [6.07, 6.45) is 1.68. The van der Waals surface area contributed by atoms with Gasteiger partial charge in [0.15, 0.2) is 0 Å². The van der Waals surface area contributed by atoms with Crippen molar-refractivity contribution in [3.05, 3.63) is 96.1 Å². The van der Waals surface area contributed by atoms with E-state index in [1.807, 2.05) is 84.9 Å². The molecule has 2 amide bonds. The molecular formula is C28H29N5O3. The van der Waals surface area contributed by atoms with Gasteiger partial charge in [0.25, 0.3) is 0 Å². The van der Waals surface area contributed by atoms with Crippen molar-refractivity contribution in [2.75, 3.05) is 13.2 Å². The number of benzene rings is 3. The number of ether oxygens (including phenoxy) is 1. The number of carbonyl (C=O) groups is 2. The first kappa shape index (κ1) is 23.7. The van der Waals surface area contributed by atoms with E-state index in [0.717, 1.165) is 35.0 Å². The number of nitrogens with one attached hydrogen (secondary N) is 1. The predicted octanol–water partition coefficient (Wildman–Crippen LogP) is 3.50. The molecule has 2 atom stereocenters. The van der Waals surface area contributed by atoms with Crippen LogP contribution >= 0.6 is 0 Å². The third kappa shape index (κ3) is 5.44. The third-order valence-corrected chi connectivity index (χ3v) is 6.43. The highest BCUT2D eigenvalue weighted by atomic mass is 16.5. The van der Waals surface area contributed by atoms with E-state index in [1.54, 1.807) is 9.58 Å². The van der Waals surface area contributed by atoms with E-state index in [2.05, 4.69) is 15.6 Å². The monoisotopic (exact) mass is 483 g/mol. The lowest BCUT2D eigenvalue weighted by atomic mass is 10.0. The number of carbonyl (C=O) groups excluding carboxylic acids is 2. The minimum atomic E-state index is -0.804. The van der Waals surface area contributed by atoms with Crippen LogP contribution in [-0.2, 0) is 27.4 Å². The molecular weight excluding hydrogens is 454 g/mol. The number of aromatic nitrogens is 3. The summed E-state index contributed by atoms with van der Waals surface area (Å²) in [7, 11) is 0. The van der Waals surface area contributed by atoms with Crippen LogP contribution in [0.15, 0.2) is 84.9 Å². The number of hydrogen-bond donors (Lipinski definition) is 1. The minimum absolute atomic E-state index is 0.0253. The molecule has 1 fully saturated rings. The summed E-state index contributed by atoms with van der Waals surface area (Å²) in [6, 6.07) is 25.9. The number of nitrogens with zero attached hydrogens (tertiary/aromatic N) is 4. The molecule has 36 heavy (non-hydrogen) atoms. The molecule has 1 N–H and O–H groups in total. The van der Waals surface area contributed by atoms with Crippen LogP contribution in [-0.4, -0.2) is 51.0 Å². The van der Waals surface area contributed by atoms with Crippen molar-refractivity contribution in [3.8, 4) is 0 Å². The second-order valence-corrected chi connectivity index (χ2v) is 8.93. The molecule has 1 saturated heterocycles. The lowest BCUT2D eigenvalue weighted by Gasteiger charge is -2.33. The normalized spacial score (nSPS) is 16.1. The van der Waals surface area contributed by atoms with Crippen LogP contribution in [0.25, 0.3) is 11.0 Å². The van der Waals surface area contributed by atoms with E-state index in [0.29, 0.717) is 19.7 Å². The summed E-state index contributed by atoms with van der Waals surface area (Å²) in [5.41, 5.74) is 3.23. The van der Waals surface area contributed by atoms with Gasteiger partial charge in [-0.1, -0.05) is 78.0 Å². The van der Waals surface area contributed by atoms with Gasteiger partial charge in [-0.05, 0) is 36.1 Å². The Kier molecular flexibility index (Phi) is 7.33. The highest BCUT2D eigenvalue weighted by molar-refractivity contribution is 5.89. The van der Waals surface area contributed by atoms with Crippen molar-refractivity contribution in [3.63, 3.8) is 0 Å². The summed E-state index contributed by atoms with van der Waals surface area (Å²) in [5, 5.41) is 11.4. The first-order valence-electron chi connectivity index (χ1n) is 12.2. The Morgan fingerprint density at radius 1 is 1.00 bits per heavy atom. The molecule has 184 valence electrons. The van der Waals surface area contributed by atoms with E-state index in [4.69, 9.17) is 4.74 Å². The molecule has 8 nitrogen and oxygen atoms in total. The van der Waals surface area contributed by atoms with Crippen molar-refractivity contribution < 1.29 is 14.3 Å². The zero-order valence-electron chi connectivity index (χ0n) is 20.0. The Morgan fingerprint density at radius 3 is 2.47 bits per heavy atom. The van der Waals surface area contributed by atoms with E-state index >= 15 is 0 Å². The molecule has 1 aliphatic rings. The maximum atomic E-state index is 13.8. The Morgan fingerprint density at radius 2 is 1.72 bits per heavy atom. The van der Waals surface area contributed by atoms with E-state index < -0.39 is 6.04 Å². The van der Waals surface area contributed by atoms with Gasteiger partial charge in [-0.15, -0.1) is 5.10 Å². The molecule has 0 unspecified atom stereocenters. The quantitative estimate of drug-likeness (QED) is 0.394. The van der Waals surface area contributed by atoms with E-state index in [-0.39, 0.29) is 24.5 Å². The lowest BCUT2D eigenvalue weighted by Crippen LogP contribution is -2.47. The van der Waals surface area contributed by atoms with Crippen molar-refractivity contribution >= 4 is 22.8 Å². The maximum Gasteiger partial charge on any atom is 0.247 e. The molecule has 5 rings (SSSR count). The zero-order chi connectivity index (χ0) is 24.7. The highest BCUT2D eigenvalue weighted by Gasteiger charge is 2.34. The molecule has 4 aromatic rings. The molecule has 0 bridgehead atoms. The number of amides is 2. The molecule has 0 aliphatic carbocycles. The first-order valence-corrected chi connectivity index (χ1v) is 12.2. The standard InChI is InChI=1S/C28H29N5O3/c34-26(20-33-25-16-8-7-15-24(25)30-31-33)32(19-23-14-9-17-36-23)27(22-12-5-2-6-13-22)28(35)29-18-21-10-3-1-4-11-21/h1-8,10-13,15-16,23,27H,9,14,17-20H2,(H,29,35)/t23-,27-/m0/s1. The molecule has 3 aromatic carbocycles. The maximum absolute atomic E-state index is 13.8. The smallest absolute Gasteiger partial charge is 0.247 e. The number of para-hydroxylation sites is 1. The van der Waals surface area contributed by atoms with E-state index in [9.17, 15) is 9.59 Å². The van der Waals surface area contributed by atoms with Crippen LogP contribution in [0.3, 0.4) is 0 Å². The first-order chi connectivity index (χ1) is 17.7. The second-order valence-electron chi connectivity index (χ2n) is 8.93. The fraction of sp³-hybridized carbons (Fsp3) is 0.286. The molecule has 8 heteroatoms. The number of fused-ring (bicyclic) bond motifs is 1. The van der Waals surface area contributed by atoms with Gasteiger partial charge < -0.3 is 15.0 Å². The lowest BCUT2D eigenvalue weighted by molar-refractivity contribution is -0.143. The van der Waals surface area contributed by atoms with Gasteiger partial charge in [-0.3, -0.25) is 9.59 Å². The average molecular weight is 484 g/mol. The van der Waals surface area contributed by atoms with Crippen LogP contribution in [0.4, 0.5) is 0 Å². The Hall–Kier alpha value is -4.04. The second kappa shape index (κ2) is 11.1. The largest absolute Gasteiger partial charge is 0.376 e. The van der Waals surface area contributed by atoms with Crippen molar-refractivity contribution in [2.24, 2.45) is 0 Å². The molecule has 1 aliphatic heterocycles. The summed E-state index contributed by atoms with van der Waals surface area (Å²) in [5.74, 6) is -0.454. The topological polar surface area (TPSA) is 89.4 Å². The highest BCUT2D eigenvalue weighted by Crippen LogP contribution is 2.25. The van der Waals surface area contributed by atoms with Crippen molar-refractivity contribution in [1.82, 2.24) is 25.2 Å². The van der Waals surface area contributed by atoms with Crippen molar-refractivity contribution in [1.29, 1.82) is 0 Å². The van der Waals surface area contributed by atoms with E-state index in [1.165, 1.54) is 0 Å². The summed E-state index contributed by atoms with van der Waals surface area (Å²) in [4.78, 5) is 29.1. The number of rotatable bonds is 9. The summed E-state index contributed by atoms with van der Waals surface area (Å²) >= 11 is 0. The van der Waals surface area contributed by atoms with Gasteiger partial charge in [0.05, 0.1) is 11.6 Å². The van der Waals surface area contributed by atoms with Gasteiger partial charge >= 0.3 is 0 Å². The van der Waals surface area contributed by atoms with Gasteiger partial charge in [0.2, 0.25) is 11.8 Å². The van der Waals surface area contributed by atoms with Crippen LogP contribution in [0.5, 0.6) is 0 Å². The van der Waals surface area contributed by atoms with Crippen LogP contribution in [0.1, 0.15) is 30.0 Å². The Balaban J connectivity index is 1.45. The van der Waals surface area contributed by atoms with Gasteiger partial charge in [0, 0.05) is 19.7 Å². The van der Waals surface area contributed by atoms with Crippen LogP contribution in [0, 0.1) is 0 Å².